The number of hydrogen-bond acceptors (Lipinski definition) is 5. The zero-order chi connectivity index (χ0) is 18.2. The summed E-state index contributed by atoms with van der Waals surface area (Å²) in [4.78, 5) is 6.65. The highest BCUT2D eigenvalue weighted by atomic mass is 15.2. The van der Waals surface area contributed by atoms with Crippen LogP contribution >= 0.6 is 0 Å². The second-order valence-corrected chi connectivity index (χ2v) is 8.58. The van der Waals surface area contributed by atoms with Gasteiger partial charge in [0.25, 0.3) is 0 Å². The van der Waals surface area contributed by atoms with E-state index in [1.807, 2.05) is 30.2 Å². The summed E-state index contributed by atoms with van der Waals surface area (Å²) in [7, 11) is 6.24. The maximum Gasteiger partial charge on any atom is 0.101 e. The number of nitrogens with two attached hydrogens (primary N) is 2. The molecule has 25 heavy (non-hydrogen) atoms. The van der Waals surface area contributed by atoms with Crippen molar-refractivity contribution in [2.24, 2.45) is 34.8 Å². The third-order valence-electron chi connectivity index (χ3n) is 5.94. The van der Waals surface area contributed by atoms with Gasteiger partial charge in [-0.1, -0.05) is 6.92 Å². The standard InChI is InChI=1S/C19H32N6/c1-18(13-24(2)3)8-5-14(6-9-18)19(21)11-17(20)22-12-15(19)16-7-10-25(4)23-16/h7,10,12,14H,5-6,8-9,11,13,21H2,1-4H3,(H2,20,22). The summed E-state index contributed by atoms with van der Waals surface area (Å²) < 4.78 is 1.81. The molecule has 0 amide bonds. The second-order valence-electron chi connectivity index (χ2n) is 8.58. The van der Waals surface area contributed by atoms with Crippen LogP contribution in [0, 0.1) is 11.3 Å². The van der Waals surface area contributed by atoms with Crippen molar-refractivity contribution < 1.29 is 0 Å². The fourth-order valence-electron chi connectivity index (χ4n) is 4.69. The minimum atomic E-state index is -0.473. The van der Waals surface area contributed by atoms with E-state index in [0.717, 1.165) is 30.7 Å². The molecule has 0 spiro atoms. The fraction of sp³-hybridized carbons (Fsp3) is 0.684. The van der Waals surface area contributed by atoms with Crippen molar-refractivity contribution in [1.82, 2.24) is 14.7 Å². The second kappa shape index (κ2) is 6.57. The number of nitrogens with zero attached hydrogens (tertiary/aromatic N) is 4. The first kappa shape index (κ1) is 18.1. The van der Waals surface area contributed by atoms with Crippen LogP contribution in [0.3, 0.4) is 0 Å². The number of aromatic nitrogens is 2. The molecule has 0 bridgehead atoms. The van der Waals surface area contributed by atoms with Gasteiger partial charge in [0, 0.05) is 38.0 Å². The van der Waals surface area contributed by atoms with Gasteiger partial charge in [-0.2, -0.15) is 5.10 Å². The van der Waals surface area contributed by atoms with Gasteiger partial charge < -0.3 is 16.4 Å². The number of rotatable bonds is 4. The molecule has 0 aromatic carbocycles. The van der Waals surface area contributed by atoms with Crippen molar-refractivity contribution in [3.05, 3.63) is 24.2 Å². The first-order chi connectivity index (χ1) is 11.7. The zero-order valence-electron chi connectivity index (χ0n) is 16.0. The van der Waals surface area contributed by atoms with Gasteiger partial charge in [-0.05, 0) is 57.2 Å². The largest absolute Gasteiger partial charge is 0.387 e. The van der Waals surface area contributed by atoms with Gasteiger partial charge in [0.1, 0.15) is 5.84 Å². The molecule has 0 saturated heterocycles. The lowest BCUT2D eigenvalue weighted by Crippen LogP contribution is -2.54. The van der Waals surface area contributed by atoms with Crippen molar-refractivity contribution >= 4 is 11.4 Å². The van der Waals surface area contributed by atoms with E-state index in [0.29, 0.717) is 23.6 Å². The molecule has 6 nitrogen and oxygen atoms in total. The molecule has 1 saturated carbocycles. The summed E-state index contributed by atoms with van der Waals surface area (Å²) >= 11 is 0. The van der Waals surface area contributed by atoms with Crippen LogP contribution in [0.5, 0.6) is 0 Å². The molecule has 1 aromatic heterocycles. The topological polar surface area (TPSA) is 85.5 Å². The van der Waals surface area contributed by atoms with Gasteiger partial charge in [0.05, 0.1) is 11.2 Å². The molecule has 6 heteroatoms. The minimum Gasteiger partial charge on any atom is -0.387 e. The summed E-state index contributed by atoms with van der Waals surface area (Å²) in [6, 6.07) is 2.02. The van der Waals surface area contributed by atoms with Gasteiger partial charge in [0.15, 0.2) is 0 Å². The van der Waals surface area contributed by atoms with E-state index in [1.165, 1.54) is 12.8 Å². The Labute approximate surface area is 151 Å². The van der Waals surface area contributed by atoms with Gasteiger partial charge >= 0.3 is 0 Å². The van der Waals surface area contributed by atoms with E-state index >= 15 is 0 Å². The van der Waals surface area contributed by atoms with Crippen molar-refractivity contribution in [1.29, 1.82) is 0 Å². The van der Waals surface area contributed by atoms with Crippen LogP contribution in [-0.4, -0.2) is 46.7 Å². The van der Waals surface area contributed by atoms with Gasteiger partial charge in [-0.15, -0.1) is 0 Å². The van der Waals surface area contributed by atoms with E-state index in [-0.39, 0.29) is 0 Å². The van der Waals surface area contributed by atoms with Crippen molar-refractivity contribution in [2.75, 3.05) is 20.6 Å². The Balaban J connectivity index is 1.82. The molecule has 0 radical (unpaired) electrons. The molecule has 4 N–H and O–H groups in total. The highest BCUT2D eigenvalue weighted by Crippen LogP contribution is 2.47. The molecule has 3 rings (SSSR count). The van der Waals surface area contributed by atoms with Crippen LogP contribution in [0.4, 0.5) is 0 Å². The predicted molar refractivity (Wildman–Crippen MR) is 103 cm³/mol. The van der Waals surface area contributed by atoms with E-state index in [1.54, 1.807) is 0 Å². The Kier molecular flexibility index (Phi) is 4.77. The molecule has 1 aliphatic heterocycles. The van der Waals surface area contributed by atoms with E-state index in [2.05, 4.69) is 36.0 Å². The quantitative estimate of drug-likeness (QED) is 0.874. The van der Waals surface area contributed by atoms with Crippen molar-refractivity contribution in [3.8, 4) is 0 Å². The number of hydrogen-bond donors (Lipinski definition) is 2. The number of aryl methyl sites for hydroxylation is 1. The zero-order valence-corrected chi connectivity index (χ0v) is 16.0. The lowest BCUT2D eigenvalue weighted by atomic mass is 9.62. The Morgan fingerprint density at radius 1 is 1.32 bits per heavy atom. The van der Waals surface area contributed by atoms with Crippen LogP contribution in [-0.2, 0) is 7.05 Å². The van der Waals surface area contributed by atoms with Gasteiger partial charge in [-0.3, -0.25) is 4.68 Å². The van der Waals surface area contributed by atoms with Crippen molar-refractivity contribution in [3.63, 3.8) is 0 Å². The summed E-state index contributed by atoms with van der Waals surface area (Å²) in [5.41, 5.74) is 14.9. The molecular formula is C19H32N6. The van der Waals surface area contributed by atoms with Crippen LogP contribution in [0.2, 0.25) is 0 Å². The summed E-state index contributed by atoms with van der Waals surface area (Å²) in [5.74, 6) is 1.04. The average molecular weight is 345 g/mol. The molecular weight excluding hydrogens is 312 g/mol. The van der Waals surface area contributed by atoms with Crippen molar-refractivity contribution in [2.45, 2.75) is 44.6 Å². The third-order valence-corrected chi connectivity index (χ3v) is 5.94. The molecule has 2 aliphatic rings. The lowest BCUT2D eigenvalue weighted by Gasteiger charge is -2.47. The van der Waals surface area contributed by atoms with Crippen LogP contribution in [0.15, 0.2) is 23.5 Å². The Hall–Kier alpha value is -1.66. The third kappa shape index (κ3) is 3.65. The van der Waals surface area contributed by atoms with Crippen LogP contribution in [0.25, 0.3) is 5.57 Å². The van der Waals surface area contributed by atoms with Crippen LogP contribution in [0.1, 0.15) is 44.7 Å². The SMILES string of the molecule is CN(C)CC1(C)CCC(C2(N)CC(N)=NC=C2c2ccn(C)n2)CC1. The smallest absolute Gasteiger partial charge is 0.101 e. The first-order valence-corrected chi connectivity index (χ1v) is 9.18. The molecule has 1 fully saturated rings. The average Bonchev–Trinajstić information content (AvgIpc) is 2.92. The molecule has 138 valence electrons. The maximum atomic E-state index is 7.01. The first-order valence-electron chi connectivity index (χ1n) is 9.18. The minimum absolute atomic E-state index is 0.375. The van der Waals surface area contributed by atoms with E-state index in [9.17, 15) is 0 Å². The highest BCUT2D eigenvalue weighted by Gasteiger charge is 2.45. The lowest BCUT2D eigenvalue weighted by molar-refractivity contribution is 0.106. The van der Waals surface area contributed by atoms with E-state index < -0.39 is 5.54 Å². The Morgan fingerprint density at radius 2 is 2.00 bits per heavy atom. The maximum absolute atomic E-state index is 7.01. The fourth-order valence-corrected chi connectivity index (χ4v) is 4.69. The Morgan fingerprint density at radius 3 is 2.56 bits per heavy atom. The highest BCUT2D eigenvalue weighted by molar-refractivity contribution is 5.90. The van der Waals surface area contributed by atoms with Gasteiger partial charge in [-0.25, -0.2) is 4.99 Å². The van der Waals surface area contributed by atoms with E-state index in [4.69, 9.17) is 11.5 Å². The predicted octanol–water partition coefficient (Wildman–Crippen LogP) is 1.98. The summed E-state index contributed by atoms with van der Waals surface area (Å²) in [6.45, 7) is 3.53. The number of aliphatic imine (C=N–C) groups is 1. The van der Waals surface area contributed by atoms with Gasteiger partial charge in [0.2, 0.25) is 0 Å². The molecule has 1 atom stereocenters. The van der Waals surface area contributed by atoms with Crippen LogP contribution < -0.4 is 11.5 Å². The molecule has 2 heterocycles. The molecule has 1 aliphatic carbocycles. The monoisotopic (exact) mass is 344 g/mol. The number of amidine groups is 1. The molecule has 1 unspecified atom stereocenters. The normalized spacial score (nSPS) is 33.3. The molecule has 1 aromatic rings. The Bertz CT molecular complexity index is 678. The summed E-state index contributed by atoms with van der Waals surface area (Å²) in [5, 5.41) is 4.57. The summed E-state index contributed by atoms with van der Waals surface area (Å²) in [6.07, 6.45) is 9.05.